The second kappa shape index (κ2) is 7.30. The van der Waals surface area contributed by atoms with Crippen molar-refractivity contribution in [3.8, 4) is 0 Å². The summed E-state index contributed by atoms with van der Waals surface area (Å²) in [6.45, 7) is 7.46. The van der Waals surface area contributed by atoms with Gasteiger partial charge in [-0.1, -0.05) is 6.92 Å². The standard InChI is InChI=1S/C18H32N4O2/c1-3-9-19-17(24)21-11-7-18(8-12-21)6-4-16(23)22(14-18)15-5-10-20(2)13-15/h15H,3-14H2,1-2H3,(H,19,24)/t15-/m0/s1. The maximum absolute atomic E-state index is 12.4. The fraction of sp³-hybridized carbons (Fsp3) is 0.889. The first kappa shape index (κ1) is 17.5. The number of likely N-dealkylation sites (N-methyl/N-ethyl adjacent to an activating group) is 1. The van der Waals surface area contributed by atoms with Gasteiger partial charge in [0.05, 0.1) is 0 Å². The molecular formula is C18H32N4O2. The molecule has 0 unspecified atom stereocenters. The minimum atomic E-state index is 0.0767. The van der Waals surface area contributed by atoms with Crippen LogP contribution in [-0.4, -0.2) is 79.0 Å². The van der Waals surface area contributed by atoms with Crippen LogP contribution in [0.15, 0.2) is 0 Å². The third kappa shape index (κ3) is 3.68. The topological polar surface area (TPSA) is 55.9 Å². The molecule has 0 radical (unpaired) electrons. The van der Waals surface area contributed by atoms with Crippen molar-refractivity contribution in [3.63, 3.8) is 0 Å². The number of piperidine rings is 2. The predicted octanol–water partition coefficient (Wildman–Crippen LogP) is 1.51. The number of urea groups is 1. The summed E-state index contributed by atoms with van der Waals surface area (Å²) >= 11 is 0. The van der Waals surface area contributed by atoms with Crippen LogP contribution in [-0.2, 0) is 4.79 Å². The number of nitrogens with zero attached hydrogens (tertiary/aromatic N) is 3. The largest absolute Gasteiger partial charge is 0.338 e. The molecule has 0 bridgehead atoms. The average Bonchev–Trinajstić information content (AvgIpc) is 3.02. The third-order valence-electron chi connectivity index (χ3n) is 6.14. The van der Waals surface area contributed by atoms with Gasteiger partial charge < -0.3 is 20.0 Å². The molecule has 3 fully saturated rings. The monoisotopic (exact) mass is 336 g/mol. The van der Waals surface area contributed by atoms with Crippen LogP contribution in [0.1, 0.15) is 45.4 Å². The molecule has 0 aromatic rings. The van der Waals surface area contributed by atoms with E-state index in [1.807, 2.05) is 4.90 Å². The highest BCUT2D eigenvalue weighted by Crippen LogP contribution is 2.41. The molecule has 136 valence electrons. The number of hydrogen-bond acceptors (Lipinski definition) is 3. The summed E-state index contributed by atoms with van der Waals surface area (Å²) in [7, 11) is 2.14. The number of likely N-dealkylation sites (tertiary alicyclic amines) is 3. The second-order valence-corrected chi connectivity index (χ2v) is 7.95. The average molecular weight is 336 g/mol. The Hall–Kier alpha value is -1.30. The minimum absolute atomic E-state index is 0.0767. The third-order valence-corrected chi connectivity index (χ3v) is 6.14. The molecule has 3 heterocycles. The van der Waals surface area contributed by atoms with Crippen molar-refractivity contribution in [1.29, 1.82) is 0 Å². The molecule has 6 heteroatoms. The Kier molecular flexibility index (Phi) is 5.33. The lowest BCUT2D eigenvalue weighted by Crippen LogP contribution is -2.56. The van der Waals surface area contributed by atoms with E-state index in [0.717, 1.165) is 71.4 Å². The smallest absolute Gasteiger partial charge is 0.317 e. The molecule has 0 saturated carbocycles. The van der Waals surface area contributed by atoms with Gasteiger partial charge in [-0.15, -0.1) is 0 Å². The second-order valence-electron chi connectivity index (χ2n) is 7.95. The summed E-state index contributed by atoms with van der Waals surface area (Å²) in [5.41, 5.74) is 0.233. The van der Waals surface area contributed by atoms with E-state index >= 15 is 0 Å². The highest BCUT2D eigenvalue weighted by Gasteiger charge is 2.44. The molecular weight excluding hydrogens is 304 g/mol. The van der Waals surface area contributed by atoms with Gasteiger partial charge in [0.25, 0.3) is 0 Å². The molecule has 3 amide bonds. The maximum Gasteiger partial charge on any atom is 0.317 e. The predicted molar refractivity (Wildman–Crippen MR) is 93.8 cm³/mol. The number of amides is 3. The van der Waals surface area contributed by atoms with E-state index in [1.54, 1.807) is 0 Å². The van der Waals surface area contributed by atoms with Gasteiger partial charge in [0.15, 0.2) is 0 Å². The van der Waals surface area contributed by atoms with Crippen LogP contribution < -0.4 is 5.32 Å². The molecule has 3 rings (SSSR count). The molecule has 0 aliphatic carbocycles. The van der Waals surface area contributed by atoms with Crippen molar-refractivity contribution < 1.29 is 9.59 Å². The molecule has 0 aromatic carbocycles. The van der Waals surface area contributed by atoms with Crippen molar-refractivity contribution in [2.75, 3.05) is 46.3 Å². The fourth-order valence-electron chi connectivity index (χ4n) is 4.48. The lowest BCUT2D eigenvalue weighted by atomic mass is 9.72. The zero-order chi connectivity index (χ0) is 17.2. The van der Waals surface area contributed by atoms with E-state index in [1.165, 1.54) is 0 Å². The molecule has 6 nitrogen and oxygen atoms in total. The van der Waals surface area contributed by atoms with Gasteiger partial charge in [0.1, 0.15) is 0 Å². The van der Waals surface area contributed by atoms with E-state index in [4.69, 9.17) is 0 Å². The molecule has 1 N–H and O–H groups in total. The molecule has 3 aliphatic rings. The zero-order valence-corrected chi connectivity index (χ0v) is 15.2. The van der Waals surface area contributed by atoms with Gasteiger partial charge in [-0.05, 0) is 51.1 Å². The number of nitrogens with one attached hydrogen (secondary N) is 1. The van der Waals surface area contributed by atoms with Crippen molar-refractivity contribution >= 4 is 11.9 Å². The number of hydrogen-bond donors (Lipinski definition) is 1. The Morgan fingerprint density at radius 2 is 2.00 bits per heavy atom. The Balaban J connectivity index is 1.57. The normalized spacial score (nSPS) is 27.8. The highest BCUT2D eigenvalue weighted by molar-refractivity contribution is 5.78. The summed E-state index contributed by atoms with van der Waals surface area (Å²) in [5, 5.41) is 2.98. The van der Waals surface area contributed by atoms with Gasteiger partial charge >= 0.3 is 6.03 Å². The Labute approximate surface area is 145 Å². The summed E-state index contributed by atoms with van der Waals surface area (Å²) in [6, 6.07) is 0.471. The van der Waals surface area contributed by atoms with Crippen LogP contribution in [0.25, 0.3) is 0 Å². The molecule has 0 aromatic heterocycles. The Bertz CT molecular complexity index is 474. The van der Waals surface area contributed by atoms with Crippen LogP contribution in [0.3, 0.4) is 0 Å². The van der Waals surface area contributed by atoms with Gasteiger partial charge in [0, 0.05) is 45.2 Å². The lowest BCUT2D eigenvalue weighted by molar-refractivity contribution is -0.141. The summed E-state index contributed by atoms with van der Waals surface area (Å²) in [5.74, 6) is 0.337. The van der Waals surface area contributed by atoms with E-state index in [0.29, 0.717) is 18.4 Å². The zero-order valence-electron chi connectivity index (χ0n) is 15.2. The SMILES string of the molecule is CCCNC(=O)N1CCC2(CCC(=O)N([C@H]3CCN(C)C3)C2)CC1. The molecule has 1 spiro atoms. The van der Waals surface area contributed by atoms with Gasteiger partial charge in [-0.2, -0.15) is 0 Å². The number of carbonyl (C=O) groups excluding carboxylic acids is 2. The Morgan fingerprint density at radius 3 is 2.62 bits per heavy atom. The van der Waals surface area contributed by atoms with Gasteiger partial charge in [0.2, 0.25) is 5.91 Å². The van der Waals surface area contributed by atoms with E-state index in [9.17, 15) is 9.59 Å². The first-order valence-corrected chi connectivity index (χ1v) is 9.54. The quantitative estimate of drug-likeness (QED) is 0.850. The number of rotatable bonds is 3. The minimum Gasteiger partial charge on any atom is -0.338 e. The fourth-order valence-corrected chi connectivity index (χ4v) is 4.48. The molecule has 3 aliphatic heterocycles. The molecule has 3 saturated heterocycles. The van der Waals surface area contributed by atoms with E-state index in [-0.39, 0.29) is 11.4 Å². The highest BCUT2D eigenvalue weighted by atomic mass is 16.2. The summed E-state index contributed by atoms with van der Waals surface area (Å²) in [6.07, 6.45) is 5.80. The first-order valence-electron chi connectivity index (χ1n) is 9.54. The van der Waals surface area contributed by atoms with Gasteiger partial charge in [-0.3, -0.25) is 4.79 Å². The van der Waals surface area contributed by atoms with Crippen molar-refractivity contribution in [2.45, 2.75) is 51.5 Å². The van der Waals surface area contributed by atoms with E-state index < -0.39 is 0 Å². The van der Waals surface area contributed by atoms with Crippen molar-refractivity contribution in [3.05, 3.63) is 0 Å². The first-order chi connectivity index (χ1) is 11.5. The van der Waals surface area contributed by atoms with Crippen molar-refractivity contribution in [2.24, 2.45) is 5.41 Å². The lowest BCUT2D eigenvalue weighted by Gasteiger charge is -2.48. The summed E-state index contributed by atoms with van der Waals surface area (Å²) in [4.78, 5) is 31.0. The molecule has 24 heavy (non-hydrogen) atoms. The van der Waals surface area contributed by atoms with Crippen LogP contribution in [0.5, 0.6) is 0 Å². The van der Waals surface area contributed by atoms with Gasteiger partial charge in [-0.25, -0.2) is 4.79 Å². The van der Waals surface area contributed by atoms with Crippen LogP contribution >= 0.6 is 0 Å². The maximum atomic E-state index is 12.4. The summed E-state index contributed by atoms with van der Waals surface area (Å²) < 4.78 is 0. The van der Waals surface area contributed by atoms with Crippen LogP contribution in [0.4, 0.5) is 4.79 Å². The molecule has 1 atom stereocenters. The van der Waals surface area contributed by atoms with E-state index in [2.05, 4.69) is 29.1 Å². The van der Waals surface area contributed by atoms with Crippen LogP contribution in [0, 0.1) is 5.41 Å². The Morgan fingerprint density at radius 1 is 1.25 bits per heavy atom. The van der Waals surface area contributed by atoms with Crippen molar-refractivity contribution in [1.82, 2.24) is 20.0 Å². The van der Waals surface area contributed by atoms with Crippen LogP contribution in [0.2, 0.25) is 0 Å². The number of carbonyl (C=O) groups is 2.